The highest BCUT2D eigenvalue weighted by Crippen LogP contribution is 2.19. The number of unbranched alkanes of at least 4 members (excludes halogenated alkanes) is 1. The van der Waals surface area contributed by atoms with Crippen molar-refractivity contribution in [2.24, 2.45) is 5.92 Å². The topological polar surface area (TPSA) is 56.8 Å². The molecule has 0 aromatic heterocycles. The molecule has 1 N–H and O–H groups in total. The van der Waals surface area contributed by atoms with E-state index in [9.17, 15) is 4.79 Å². The second-order valence-corrected chi connectivity index (χ2v) is 6.38. The summed E-state index contributed by atoms with van der Waals surface area (Å²) in [6.07, 6.45) is 6.11. The molecular weight excluding hydrogens is 294 g/mol. The van der Waals surface area contributed by atoms with E-state index in [1.165, 1.54) is 12.8 Å². The lowest BCUT2D eigenvalue weighted by Gasteiger charge is -2.24. The Hall–Kier alpha value is -1.07. The van der Waals surface area contributed by atoms with E-state index >= 15 is 0 Å². The number of esters is 1. The third-order valence-electron chi connectivity index (χ3n) is 4.30. The number of hydrogen-bond donors (Lipinski definition) is 1. The first-order chi connectivity index (χ1) is 11.1. The van der Waals surface area contributed by atoms with Gasteiger partial charge in [0.15, 0.2) is 0 Å². The summed E-state index contributed by atoms with van der Waals surface area (Å²) < 4.78 is 16.3. The molecule has 0 spiro atoms. The summed E-state index contributed by atoms with van der Waals surface area (Å²) in [5, 5.41) is 3.06. The average Bonchev–Trinajstić information content (AvgIpc) is 2.56. The summed E-state index contributed by atoms with van der Waals surface area (Å²) in [7, 11) is 1.73. The fourth-order valence-corrected chi connectivity index (χ4v) is 2.77. The van der Waals surface area contributed by atoms with Gasteiger partial charge in [0.05, 0.1) is 12.7 Å². The van der Waals surface area contributed by atoms with Crippen molar-refractivity contribution in [3.05, 3.63) is 12.3 Å². The van der Waals surface area contributed by atoms with Gasteiger partial charge >= 0.3 is 5.97 Å². The third-order valence-corrected chi connectivity index (χ3v) is 4.30. The van der Waals surface area contributed by atoms with Crippen LogP contribution < -0.4 is 5.32 Å². The Bertz CT molecular complexity index is 353. The lowest BCUT2D eigenvalue weighted by atomic mass is 9.95. The highest BCUT2D eigenvalue weighted by atomic mass is 16.6. The molecule has 0 aliphatic carbocycles. The van der Waals surface area contributed by atoms with Crippen molar-refractivity contribution in [1.82, 2.24) is 5.32 Å². The summed E-state index contributed by atoms with van der Waals surface area (Å²) in [5.41, 5.74) is 0.817. The van der Waals surface area contributed by atoms with Crippen LogP contribution in [0, 0.1) is 5.92 Å². The van der Waals surface area contributed by atoms with Crippen LogP contribution in [0.1, 0.15) is 52.4 Å². The zero-order chi connectivity index (χ0) is 17.1. The van der Waals surface area contributed by atoms with E-state index < -0.39 is 0 Å². The van der Waals surface area contributed by atoms with Crippen LogP contribution in [0.25, 0.3) is 0 Å². The number of nitrogens with one attached hydrogen (secondary N) is 1. The second-order valence-electron chi connectivity index (χ2n) is 6.38. The maximum atomic E-state index is 11.8. The highest BCUT2D eigenvalue weighted by molar-refractivity contribution is 5.72. The minimum Gasteiger partial charge on any atom is -0.459 e. The van der Waals surface area contributed by atoms with Crippen LogP contribution in [0.4, 0.5) is 0 Å². The summed E-state index contributed by atoms with van der Waals surface area (Å²) in [5.74, 6) is 0.222. The van der Waals surface area contributed by atoms with Crippen molar-refractivity contribution in [2.75, 3.05) is 26.9 Å². The van der Waals surface area contributed by atoms with Gasteiger partial charge in [0, 0.05) is 25.8 Å². The minimum atomic E-state index is -0.255. The number of carbonyl (C=O) groups is 1. The molecule has 0 saturated carbocycles. The van der Waals surface area contributed by atoms with Gasteiger partial charge in [-0.3, -0.25) is 4.79 Å². The van der Waals surface area contributed by atoms with Gasteiger partial charge in [-0.05, 0) is 25.2 Å². The molecule has 3 atom stereocenters. The highest BCUT2D eigenvalue weighted by Gasteiger charge is 2.20. The first-order valence-electron chi connectivity index (χ1n) is 8.78. The summed E-state index contributed by atoms with van der Waals surface area (Å²) in [6, 6.07) is 0. The SMILES string of the molecule is C=C(C[C@@H](OC)[C@@H](C)CCCC)NCC(=O)O[C@@H]1CCCOC1. The fourth-order valence-electron chi connectivity index (χ4n) is 2.77. The number of carbonyl (C=O) groups excluding carboxylic acids is 1. The second kappa shape index (κ2) is 11.5. The molecule has 23 heavy (non-hydrogen) atoms. The van der Waals surface area contributed by atoms with Crippen molar-refractivity contribution in [3.8, 4) is 0 Å². The lowest BCUT2D eigenvalue weighted by molar-refractivity contribution is -0.153. The molecule has 0 unspecified atom stereocenters. The van der Waals surface area contributed by atoms with Crippen LogP contribution >= 0.6 is 0 Å². The van der Waals surface area contributed by atoms with Gasteiger partial charge < -0.3 is 19.5 Å². The van der Waals surface area contributed by atoms with Crippen molar-refractivity contribution < 1.29 is 19.0 Å². The molecule has 0 radical (unpaired) electrons. The lowest BCUT2D eigenvalue weighted by Crippen LogP contribution is -2.33. The Labute approximate surface area is 140 Å². The predicted molar refractivity (Wildman–Crippen MR) is 91.2 cm³/mol. The van der Waals surface area contributed by atoms with E-state index in [1.54, 1.807) is 7.11 Å². The predicted octanol–water partition coefficient (Wildman–Crippen LogP) is 3.04. The number of ether oxygens (including phenoxy) is 3. The Kier molecular flexibility index (Phi) is 9.96. The monoisotopic (exact) mass is 327 g/mol. The molecule has 1 heterocycles. The van der Waals surface area contributed by atoms with Crippen molar-refractivity contribution in [1.29, 1.82) is 0 Å². The minimum absolute atomic E-state index is 0.105. The van der Waals surface area contributed by atoms with Gasteiger partial charge in [0.2, 0.25) is 0 Å². The number of methoxy groups -OCH3 is 1. The summed E-state index contributed by atoms with van der Waals surface area (Å²) in [4.78, 5) is 11.8. The first kappa shape index (κ1) is 20.0. The quantitative estimate of drug-likeness (QED) is 0.591. The van der Waals surface area contributed by atoms with Gasteiger partial charge in [-0.2, -0.15) is 0 Å². The van der Waals surface area contributed by atoms with Gasteiger partial charge in [-0.1, -0.05) is 33.3 Å². The summed E-state index contributed by atoms with van der Waals surface area (Å²) >= 11 is 0. The van der Waals surface area contributed by atoms with E-state index in [-0.39, 0.29) is 24.7 Å². The molecule has 1 aliphatic rings. The van der Waals surface area contributed by atoms with Crippen LogP contribution in [0.5, 0.6) is 0 Å². The fraction of sp³-hybridized carbons (Fsp3) is 0.833. The zero-order valence-corrected chi connectivity index (χ0v) is 14.9. The van der Waals surface area contributed by atoms with E-state index in [2.05, 4.69) is 25.7 Å². The van der Waals surface area contributed by atoms with Crippen LogP contribution in [0.15, 0.2) is 12.3 Å². The molecule has 5 nitrogen and oxygen atoms in total. The van der Waals surface area contributed by atoms with E-state index in [4.69, 9.17) is 14.2 Å². The largest absolute Gasteiger partial charge is 0.459 e. The maximum Gasteiger partial charge on any atom is 0.325 e. The molecular formula is C18H33NO4. The normalized spacial score (nSPS) is 20.6. The Morgan fingerprint density at radius 3 is 2.87 bits per heavy atom. The standard InChI is InChI=1S/C18H33NO4/c1-5-6-8-14(2)17(21-4)11-15(3)19-12-18(20)23-16-9-7-10-22-13-16/h14,16-17,19H,3,5-13H2,1-2,4H3/t14-,16+,17+/m0/s1. The number of hydrogen-bond acceptors (Lipinski definition) is 5. The van der Waals surface area contributed by atoms with Gasteiger partial charge in [-0.15, -0.1) is 0 Å². The molecule has 0 aromatic carbocycles. The number of rotatable bonds is 11. The molecule has 1 rings (SSSR count). The average molecular weight is 327 g/mol. The third kappa shape index (κ3) is 8.37. The van der Waals surface area contributed by atoms with Crippen LogP contribution in [-0.4, -0.2) is 45.0 Å². The van der Waals surface area contributed by atoms with Crippen molar-refractivity contribution >= 4 is 5.97 Å². The molecule has 1 fully saturated rings. The van der Waals surface area contributed by atoms with E-state index in [0.717, 1.165) is 31.6 Å². The Morgan fingerprint density at radius 2 is 2.26 bits per heavy atom. The molecule has 0 bridgehead atoms. The molecule has 5 heteroatoms. The molecule has 1 saturated heterocycles. The molecule has 1 aliphatic heterocycles. The first-order valence-corrected chi connectivity index (χ1v) is 8.78. The Balaban J connectivity index is 2.24. The van der Waals surface area contributed by atoms with E-state index in [1.807, 2.05) is 0 Å². The summed E-state index contributed by atoms with van der Waals surface area (Å²) in [6.45, 7) is 9.81. The molecule has 0 aromatic rings. The van der Waals surface area contributed by atoms with E-state index in [0.29, 0.717) is 18.9 Å². The smallest absolute Gasteiger partial charge is 0.325 e. The van der Waals surface area contributed by atoms with Gasteiger partial charge in [0.1, 0.15) is 12.6 Å². The van der Waals surface area contributed by atoms with Crippen LogP contribution in [-0.2, 0) is 19.0 Å². The molecule has 134 valence electrons. The van der Waals surface area contributed by atoms with Crippen LogP contribution in [0.3, 0.4) is 0 Å². The van der Waals surface area contributed by atoms with Crippen LogP contribution in [0.2, 0.25) is 0 Å². The maximum absolute atomic E-state index is 11.8. The van der Waals surface area contributed by atoms with Gasteiger partial charge in [-0.25, -0.2) is 0 Å². The van der Waals surface area contributed by atoms with Crippen molar-refractivity contribution in [3.63, 3.8) is 0 Å². The Morgan fingerprint density at radius 1 is 1.48 bits per heavy atom. The zero-order valence-electron chi connectivity index (χ0n) is 14.9. The van der Waals surface area contributed by atoms with Gasteiger partial charge in [0.25, 0.3) is 0 Å². The molecule has 0 amide bonds. The van der Waals surface area contributed by atoms with Crippen molar-refractivity contribution in [2.45, 2.75) is 64.6 Å².